The molecule has 1 heterocycles. The monoisotopic (exact) mass is 380 g/mol. The molecule has 28 heavy (non-hydrogen) atoms. The highest BCUT2D eigenvalue weighted by atomic mass is 16.5. The van der Waals surface area contributed by atoms with Crippen LogP contribution in [0.2, 0.25) is 0 Å². The summed E-state index contributed by atoms with van der Waals surface area (Å²) >= 11 is 0. The summed E-state index contributed by atoms with van der Waals surface area (Å²) in [5.41, 5.74) is 3.65. The summed E-state index contributed by atoms with van der Waals surface area (Å²) in [6, 6.07) is 16.5. The second-order valence-electron chi connectivity index (χ2n) is 7.44. The lowest BCUT2D eigenvalue weighted by Gasteiger charge is -2.28. The number of nitrogens with one attached hydrogen (secondary N) is 1. The Morgan fingerprint density at radius 1 is 0.964 bits per heavy atom. The minimum Gasteiger partial charge on any atom is -0.481 e. The predicted molar refractivity (Wildman–Crippen MR) is 115 cm³/mol. The second-order valence-corrected chi connectivity index (χ2v) is 7.44. The molecule has 1 N–H and O–H groups in total. The van der Waals surface area contributed by atoms with Crippen molar-refractivity contribution in [3.8, 4) is 5.75 Å². The third-order valence-electron chi connectivity index (χ3n) is 5.40. The zero-order valence-corrected chi connectivity index (χ0v) is 17.1. The van der Waals surface area contributed by atoms with Crippen LogP contribution >= 0.6 is 0 Å². The Kier molecular flexibility index (Phi) is 7.35. The van der Waals surface area contributed by atoms with Gasteiger partial charge in [0.1, 0.15) is 5.75 Å². The molecule has 3 rings (SSSR count). The number of nitrogens with zero attached hydrogens (tertiary/aromatic N) is 1. The molecule has 1 aliphatic rings. The van der Waals surface area contributed by atoms with Crippen molar-refractivity contribution in [1.82, 2.24) is 5.32 Å². The number of amides is 1. The molecule has 0 aliphatic carbocycles. The van der Waals surface area contributed by atoms with Crippen LogP contribution in [0.25, 0.3) is 0 Å². The van der Waals surface area contributed by atoms with E-state index in [-0.39, 0.29) is 5.91 Å². The minimum atomic E-state index is -0.472. The van der Waals surface area contributed by atoms with E-state index < -0.39 is 6.10 Å². The first-order chi connectivity index (χ1) is 13.7. The molecule has 0 radical (unpaired) electrons. The molecule has 0 aromatic heterocycles. The fraction of sp³-hybridized carbons (Fsp3) is 0.458. The molecule has 1 fully saturated rings. The van der Waals surface area contributed by atoms with Crippen molar-refractivity contribution < 1.29 is 9.53 Å². The zero-order valence-electron chi connectivity index (χ0n) is 17.1. The number of anilines is 1. The Labute approximate surface area is 168 Å². The van der Waals surface area contributed by atoms with Crippen LogP contribution in [0, 0.1) is 0 Å². The average Bonchev–Trinajstić information content (AvgIpc) is 2.77. The van der Waals surface area contributed by atoms with Crippen molar-refractivity contribution in [3.05, 3.63) is 59.7 Å². The van der Waals surface area contributed by atoms with Crippen LogP contribution < -0.4 is 15.0 Å². The summed E-state index contributed by atoms with van der Waals surface area (Å²) in [6.07, 6.45) is 5.04. The van der Waals surface area contributed by atoms with Crippen molar-refractivity contribution in [2.45, 2.75) is 58.6 Å². The largest absolute Gasteiger partial charge is 0.481 e. The van der Waals surface area contributed by atoms with E-state index in [0.29, 0.717) is 13.0 Å². The quantitative estimate of drug-likeness (QED) is 0.721. The number of rotatable bonds is 8. The van der Waals surface area contributed by atoms with E-state index in [1.165, 1.54) is 30.5 Å². The number of carbonyl (C=O) groups is 1. The SMILES string of the molecule is CCc1ccc(O[C@H](CC)C(=O)NCc2ccc(N3CCCCC3)cc2)cc1. The van der Waals surface area contributed by atoms with Gasteiger partial charge in [-0.15, -0.1) is 0 Å². The molecule has 0 unspecified atom stereocenters. The normalized spacial score (nSPS) is 15.1. The van der Waals surface area contributed by atoms with Crippen molar-refractivity contribution in [2.24, 2.45) is 0 Å². The molecule has 4 nitrogen and oxygen atoms in total. The van der Waals surface area contributed by atoms with E-state index in [4.69, 9.17) is 4.74 Å². The molecule has 1 saturated heterocycles. The van der Waals surface area contributed by atoms with Gasteiger partial charge in [0, 0.05) is 25.3 Å². The van der Waals surface area contributed by atoms with Crippen molar-refractivity contribution in [2.75, 3.05) is 18.0 Å². The molecular weight excluding hydrogens is 348 g/mol. The fourth-order valence-electron chi connectivity index (χ4n) is 3.57. The maximum Gasteiger partial charge on any atom is 0.261 e. The molecule has 4 heteroatoms. The first-order valence-corrected chi connectivity index (χ1v) is 10.6. The molecule has 1 aliphatic heterocycles. The maximum absolute atomic E-state index is 12.5. The van der Waals surface area contributed by atoms with Gasteiger partial charge in [-0.05, 0) is 67.5 Å². The Bertz CT molecular complexity index is 734. The van der Waals surface area contributed by atoms with Crippen LogP contribution in [-0.2, 0) is 17.8 Å². The molecule has 0 spiro atoms. The topological polar surface area (TPSA) is 41.6 Å². The number of hydrogen-bond donors (Lipinski definition) is 1. The van der Waals surface area contributed by atoms with Crippen LogP contribution in [0.3, 0.4) is 0 Å². The van der Waals surface area contributed by atoms with E-state index in [1.54, 1.807) is 0 Å². The first kappa shape index (κ1) is 20.2. The van der Waals surface area contributed by atoms with E-state index in [2.05, 4.69) is 41.4 Å². The summed E-state index contributed by atoms with van der Waals surface area (Å²) in [4.78, 5) is 15.0. The number of carbonyl (C=O) groups excluding carboxylic acids is 1. The van der Waals surface area contributed by atoms with Crippen molar-refractivity contribution in [3.63, 3.8) is 0 Å². The summed E-state index contributed by atoms with van der Waals surface area (Å²) < 4.78 is 5.89. The summed E-state index contributed by atoms with van der Waals surface area (Å²) in [5.74, 6) is 0.673. The van der Waals surface area contributed by atoms with Gasteiger partial charge in [-0.2, -0.15) is 0 Å². The van der Waals surface area contributed by atoms with Gasteiger partial charge in [-0.25, -0.2) is 0 Å². The van der Waals surface area contributed by atoms with Crippen LogP contribution in [0.15, 0.2) is 48.5 Å². The Hall–Kier alpha value is -2.49. The lowest BCUT2D eigenvalue weighted by molar-refractivity contribution is -0.128. The molecule has 2 aromatic carbocycles. The van der Waals surface area contributed by atoms with Crippen molar-refractivity contribution in [1.29, 1.82) is 0 Å². The van der Waals surface area contributed by atoms with Gasteiger partial charge in [0.2, 0.25) is 0 Å². The van der Waals surface area contributed by atoms with E-state index in [0.717, 1.165) is 30.8 Å². The zero-order chi connectivity index (χ0) is 19.8. The summed E-state index contributed by atoms with van der Waals surface area (Å²) in [7, 11) is 0. The van der Waals surface area contributed by atoms with Crippen LogP contribution in [0.4, 0.5) is 5.69 Å². The van der Waals surface area contributed by atoms with Crippen LogP contribution in [-0.4, -0.2) is 25.1 Å². The molecule has 2 aromatic rings. The molecule has 0 saturated carbocycles. The van der Waals surface area contributed by atoms with Crippen LogP contribution in [0.5, 0.6) is 5.75 Å². The highest BCUT2D eigenvalue weighted by Crippen LogP contribution is 2.20. The van der Waals surface area contributed by atoms with E-state index in [9.17, 15) is 4.79 Å². The summed E-state index contributed by atoms with van der Waals surface area (Å²) in [6.45, 7) is 6.90. The van der Waals surface area contributed by atoms with E-state index in [1.807, 2.05) is 31.2 Å². The van der Waals surface area contributed by atoms with Gasteiger partial charge >= 0.3 is 0 Å². The Balaban J connectivity index is 1.51. The van der Waals surface area contributed by atoms with Gasteiger partial charge in [-0.1, -0.05) is 38.1 Å². The number of benzene rings is 2. The predicted octanol–water partition coefficient (Wildman–Crippen LogP) is 4.71. The third kappa shape index (κ3) is 5.51. The minimum absolute atomic E-state index is 0.0674. The molecule has 1 amide bonds. The molecule has 1 atom stereocenters. The van der Waals surface area contributed by atoms with Gasteiger partial charge < -0.3 is 15.0 Å². The van der Waals surface area contributed by atoms with Crippen LogP contribution in [0.1, 0.15) is 50.7 Å². The lowest BCUT2D eigenvalue weighted by Crippen LogP contribution is -2.37. The van der Waals surface area contributed by atoms with E-state index >= 15 is 0 Å². The van der Waals surface area contributed by atoms with Gasteiger partial charge in [-0.3, -0.25) is 4.79 Å². The van der Waals surface area contributed by atoms with Gasteiger partial charge in [0.05, 0.1) is 0 Å². The second kappa shape index (κ2) is 10.2. The summed E-state index contributed by atoms with van der Waals surface area (Å²) in [5, 5.41) is 3.01. The maximum atomic E-state index is 12.5. The fourth-order valence-corrected chi connectivity index (χ4v) is 3.57. The molecule has 0 bridgehead atoms. The Morgan fingerprint density at radius 2 is 1.61 bits per heavy atom. The van der Waals surface area contributed by atoms with Gasteiger partial charge in [0.25, 0.3) is 5.91 Å². The standard InChI is InChI=1S/C24H32N2O2/c1-3-19-10-14-22(15-11-19)28-23(4-2)24(27)25-18-20-8-12-21(13-9-20)26-16-6-5-7-17-26/h8-15,23H,3-7,16-18H2,1-2H3,(H,25,27)/t23-/m1/s1. The number of hydrogen-bond acceptors (Lipinski definition) is 3. The average molecular weight is 381 g/mol. The van der Waals surface area contributed by atoms with Gasteiger partial charge in [0.15, 0.2) is 6.10 Å². The van der Waals surface area contributed by atoms with Crippen molar-refractivity contribution >= 4 is 11.6 Å². The number of piperidine rings is 1. The highest BCUT2D eigenvalue weighted by molar-refractivity contribution is 5.81. The lowest BCUT2D eigenvalue weighted by atomic mass is 10.1. The number of aryl methyl sites for hydroxylation is 1. The molecular formula is C24H32N2O2. The smallest absolute Gasteiger partial charge is 0.261 e. The third-order valence-corrected chi connectivity index (χ3v) is 5.40. The first-order valence-electron chi connectivity index (χ1n) is 10.6. The molecule has 150 valence electrons. The highest BCUT2D eigenvalue weighted by Gasteiger charge is 2.18. The Morgan fingerprint density at radius 3 is 2.21 bits per heavy atom. The number of ether oxygens (including phenoxy) is 1.